The molecule has 1 fully saturated rings. The number of carbonyl (C=O) groups excluding carboxylic acids is 1. The van der Waals surface area contributed by atoms with Crippen molar-refractivity contribution in [2.45, 2.75) is 39.5 Å². The highest BCUT2D eigenvalue weighted by Gasteiger charge is 2.39. The van der Waals surface area contributed by atoms with Crippen LogP contribution in [0.25, 0.3) is 0 Å². The first-order valence-corrected chi connectivity index (χ1v) is 7.28. The molecule has 1 amide bonds. The Morgan fingerprint density at radius 2 is 2.10 bits per heavy atom. The molecule has 1 aliphatic carbocycles. The Hall–Kier alpha value is -1.55. The molecule has 0 radical (unpaired) electrons. The van der Waals surface area contributed by atoms with Crippen molar-refractivity contribution in [3.8, 4) is 5.75 Å². The maximum absolute atomic E-state index is 12.6. The van der Waals surface area contributed by atoms with Gasteiger partial charge in [-0.25, -0.2) is 0 Å². The molecule has 4 N–H and O–H groups in total. The SMILES string of the molecule is Cc1cc(O)ccc1NC(=O)C1(CN)CCC(C)CC1. The van der Waals surface area contributed by atoms with E-state index in [1.807, 2.05) is 6.92 Å². The van der Waals surface area contributed by atoms with Gasteiger partial charge < -0.3 is 16.2 Å². The second kappa shape index (κ2) is 5.83. The number of hydrogen-bond donors (Lipinski definition) is 3. The fourth-order valence-electron chi connectivity index (χ4n) is 2.88. The summed E-state index contributed by atoms with van der Waals surface area (Å²) in [7, 11) is 0. The van der Waals surface area contributed by atoms with Gasteiger partial charge in [-0.2, -0.15) is 0 Å². The van der Waals surface area contributed by atoms with Crippen LogP contribution < -0.4 is 11.1 Å². The molecule has 1 aromatic rings. The first-order valence-electron chi connectivity index (χ1n) is 7.28. The van der Waals surface area contributed by atoms with E-state index in [4.69, 9.17) is 5.73 Å². The number of rotatable bonds is 3. The van der Waals surface area contributed by atoms with Crippen molar-refractivity contribution in [2.75, 3.05) is 11.9 Å². The minimum absolute atomic E-state index is 0.0145. The lowest BCUT2D eigenvalue weighted by Gasteiger charge is -2.37. The Balaban J connectivity index is 2.13. The Morgan fingerprint density at radius 3 is 2.65 bits per heavy atom. The van der Waals surface area contributed by atoms with Gasteiger partial charge in [0.1, 0.15) is 5.75 Å². The lowest BCUT2D eigenvalue weighted by atomic mass is 9.70. The van der Waals surface area contributed by atoms with Gasteiger partial charge in [-0.05, 0) is 62.3 Å². The summed E-state index contributed by atoms with van der Waals surface area (Å²) < 4.78 is 0. The van der Waals surface area contributed by atoms with E-state index in [1.165, 1.54) is 0 Å². The van der Waals surface area contributed by atoms with Crippen molar-refractivity contribution < 1.29 is 9.90 Å². The molecule has 2 rings (SSSR count). The van der Waals surface area contributed by atoms with Gasteiger partial charge >= 0.3 is 0 Å². The van der Waals surface area contributed by atoms with Crippen LogP contribution >= 0.6 is 0 Å². The molecule has 4 heteroatoms. The zero-order valence-electron chi connectivity index (χ0n) is 12.3. The number of aromatic hydroxyl groups is 1. The molecule has 110 valence electrons. The number of carbonyl (C=O) groups is 1. The van der Waals surface area contributed by atoms with Crippen LogP contribution in [-0.2, 0) is 4.79 Å². The number of amides is 1. The first kappa shape index (κ1) is 14.9. The summed E-state index contributed by atoms with van der Waals surface area (Å²) in [4.78, 5) is 12.6. The van der Waals surface area contributed by atoms with Gasteiger partial charge in [0.2, 0.25) is 5.91 Å². The average Bonchev–Trinajstić information content (AvgIpc) is 2.43. The molecule has 0 heterocycles. The topological polar surface area (TPSA) is 75.3 Å². The Morgan fingerprint density at radius 1 is 1.45 bits per heavy atom. The Kier molecular flexibility index (Phi) is 4.33. The number of anilines is 1. The second-order valence-electron chi connectivity index (χ2n) is 6.12. The molecule has 1 saturated carbocycles. The highest BCUT2D eigenvalue weighted by atomic mass is 16.3. The predicted octanol–water partition coefficient (Wildman–Crippen LogP) is 2.79. The molecule has 1 aromatic carbocycles. The van der Waals surface area contributed by atoms with E-state index in [0.29, 0.717) is 12.5 Å². The number of hydrogen-bond acceptors (Lipinski definition) is 3. The Labute approximate surface area is 120 Å². The van der Waals surface area contributed by atoms with E-state index in [1.54, 1.807) is 18.2 Å². The molecule has 0 bridgehead atoms. The molecule has 0 unspecified atom stereocenters. The quantitative estimate of drug-likeness (QED) is 0.743. The van der Waals surface area contributed by atoms with Crippen LogP contribution in [0.1, 0.15) is 38.2 Å². The number of nitrogens with two attached hydrogens (primary N) is 1. The third kappa shape index (κ3) is 2.96. The first-order chi connectivity index (χ1) is 9.47. The van der Waals surface area contributed by atoms with E-state index < -0.39 is 5.41 Å². The lowest BCUT2D eigenvalue weighted by Crippen LogP contribution is -2.44. The third-order valence-corrected chi connectivity index (χ3v) is 4.56. The van der Waals surface area contributed by atoms with Crippen LogP contribution in [0.3, 0.4) is 0 Å². The van der Waals surface area contributed by atoms with E-state index in [-0.39, 0.29) is 11.7 Å². The summed E-state index contributed by atoms with van der Waals surface area (Å²) >= 11 is 0. The summed E-state index contributed by atoms with van der Waals surface area (Å²) in [6.45, 7) is 4.48. The average molecular weight is 276 g/mol. The van der Waals surface area contributed by atoms with Gasteiger partial charge in [0.15, 0.2) is 0 Å². The van der Waals surface area contributed by atoms with Gasteiger partial charge in [-0.15, -0.1) is 0 Å². The molecular weight excluding hydrogens is 252 g/mol. The van der Waals surface area contributed by atoms with Crippen LogP contribution in [0.4, 0.5) is 5.69 Å². The summed E-state index contributed by atoms with van der Waals surface area (Å²) in [6.07, 6.45) is 3.82. The highest BCUT2D eigenvalue weighted by Crippen LogP contribution is 2.39. The van der Waals surface area contributed by atoms with Gasteiger partial charge in [0, 0.05) is 12.2 Å². The van der Waals surface area contributed by atoms with Crippen molar-refractivity contribution in [1.82, 2.24) is 0 Å². The molecule has 0 aliphatic heterocycles. The summed E-state index contributed by atoms with van der Waals surface area (Å²) in [5.41, 5.74) is 7.07. The largest absolute Gasteiger partial charge is 0.508 e. The van der Waals surface area contributed by atoms with Crippen molar-refractivity contribution in [3.63, 3.8) is 0 Å². The van der Waals surface area contributed by atoms with Crippen molar-refractivity contribution >= 4 is 11.6 Å². The summed E-state index contributed by atoms with van der Waals surface area (Å²) in [5.74, 6) is 0.902. The van der Waals surface area contributed by atoms with Gasteiger partial charge in [-0.3, -0.25) is 4.79 Å². The maximum Gasteiger partial charge on any atom is 0.231 e. The Bertz CT molecular complexity index is 491. The molecule has 20 heavy (non-hydrogen) atoms. The van der Waals surface area contributed by atoms with E-state index in [2.05, 4.69) is 12.2 Å². The van der Waals surface area contributed by atoms with Crippen LogP contribution in [0.5, 0.6) is 5.75 Å². The highest BCUT2D eigenvalue weighted by molar-refractivity contribution is 5.96. The molecule has 1 aliphatic rings. The number of phenolic OH excluding ortho intramolecular Hbond substituents is 1. The van der Waals surface area contributed by atoms with E-state index in [0.717, 1.165) is 36.9 Å². The standard InChI is InChI=1S/C16H24N2O2/c1-11-5-7-16(10-17,8-6-11)15(20)18-14-4-3-13(19)9-12(14)2/h3-4,9,11,19H,5-8,10,17H2,1-2H3,(H,18,20). The summed E-state index contributed by atoms with van der Waals surface area (Å²) in [6, 6.07) is 4.96. The molecule has 0 atom stereocenters. The minimum atomic E-state index is -0.434. The fourth-order valence-corrected chi connectivity index (χ4v) is 2.88. The predicted molar refractivity (Wildman–Crippen MR) is 80.6 cm³/mol. The van der Waals surface area contributed by atoms with E-state index >= 15 is 0 Å². The van der Waals surface area contributed by atoms with Crippen LogP contribution in [0.15, 0.2) is 18.2 Å². The lowest BCUT2D eigenvalue weighted by molar-refractivity contribution is -0.127. The number of phenols is 1. The van der Waals surface area contributed by atoms with Crippen molar-refractivity contribution in [2.24, 2.45) is 17.1 Å². The smallest absolute Gasteiger partial charge is 0.231 e. The number of benzene rings is 1. The van der Waals surface area contributed by atoms with Crippen LogP contribution in [-0.4, -0.2) is 17.6 Å². The fraction of sp³-hybridized carbons (Fsp3) is 0.562. The number of nitrogens with one attached hydrogen (secondary N) is 1. The third-order valence-electron chi connectivity index (χ3n) is 4.56. The maximum atomic E-state index is 12.6. The molecule has 0 saturated heterocycles. The normalized spacial score (nSPS) is 26.2. The molecule has 0 spiro atoms. The zero-order valence-corrected chi connectivity index (χ0v) is 12.3. The second-order valence-corrected chi connectivity index (χ2v) is 6.12. The zero-order chi connectivity index (χ0) is 14.8. The van der Waals surface area contributed by atoms with Crippen LogP contribution in [0, 0.1) is 18.3 Å². The monoisotopic (exact) mass is 276 g/mol. The number of aryl methyl sites for hydroxylation is 1. The van der Waals surface area contributed by atoms with Crippen LogP contribution in [0.2, 0.25) is 0 Å². The van der Waals surface area contributed by atoms with Gasteiger partial charge in [0.05, 0.1) is 5.41 Å². The summed E-state index contributed by atoms with van der Waals surface area (Å²) in [5, 5.41) is 12.4. The van der Waals surface area contributed by atoms with Gasteiger partial charge in [-0.1, -0.05) is 6.92 Å². The molecule has 4 nitrogen and oxygen atoms in total. The van der Waals surface area contributed by atoms with Crippen molar-refractivity contribution in [1.29, 1.82) is 0 Å². The molecular formula is C16H24N2O2. The van der Waals surface area contributed by atoms with Crippen molar-refractivity contribution in [3.05, 3.63) is 23.8 Å². The van der Waals surface area contributed by atoms with Gasteiger partial charge in [0.25, 0.3) is 0 Å². The molecule has 0 aromatic heterocycles. The van der Waals surface area contributed by atoms with E-state index in [9.17, 15) is 9.90 Å². The minimum Gasteiger partial charge on any atom is -0.508 e.